The van der Waals surface area contributed by atoms with Crippen LogP contribution < -0.4 is 0 Å². The van der Waals surface area contributed by atoms with Gasteiger partial charge in [0.1, 0.15) is 6.04 Å². The molecule has 1 aromatic carbocycles. The number of amides is 2. The summed E-state index contributed by atoms with van der Waals surface area (Å²) in [4.78, 5) is 63.5. The minimum atomic E-state index is -1.14. The molecule has 2 aliphatic carbocycles. The van der Waals surface area contributed by atoms with Crippen LogP contribution >= 0.6 is 31.9 Å². The fourth-order valence-electron chi connectivity index (χ4n) is 5.42. The van der Waals surface area contributed by atoms with Crippen molar-refractivity contribution < 1.29 is 28.8 Å². The molecule has 176 valence electrons. The summed E-state index contributed by atoms with van der Waals surface area (Å²) >= 11 is 7.27. The first kappa shape index (κ1) is 24.0. The Morgan fingerprint density at radius 2 is 1.73 bits per heavy atom. The second-order valence-electron chi connectivity index (χ2n) is 9.08. The van der Waals surface area contributed by atoms with Gasteiger partial charge in [-0.05, 0) is 24.2 Å². The van der Waals surface area contributed by atoms with E-state index in [4.69, 9.17) is 4.74 Å². The number of fused-ring (bicyclic) bond motifs is 5. The Kier molecular flexibility index (Phi) is 6.47. The number of esters is 1. The summed E-state index contributed by atoms with van der Waals surface area (Å²) in [7, 11) is 0. The Hall–Kier alpha value is -2.14. The number of Topliss-reactive ketones (excluding diaryl/α,β-unsaturated/α-hetero) is 1. The van der Waals surface area contributed by atoms with Gasteiger partial charge in [-0.25, -0.2) is 4.79 Å². The summed E-state index contributed by atoms with van der Waals surface area (Å²) in [6.07, 6.45) is 0.779. The Bertz CT molecular complexity index is 1010. The average molecular weight is 586 g/mol. The molecule has 7 atom stereocenters. The van der Waals surface area contributed by atoms with E-state index in [1.54, 1.807) is 13.8 Å². The molecule has 0 N–H and O–H groups in total. The van der Waals surface area contributed by atoms with Crippen LogP contribution in [0, 0.1) is 39.7 Å². The van der Waals surface area contributed by atoms with Gasteiger partial charge in [0.15, 0.2) is 6.61 Å². The van der Waals surface area contributed by atoms with E-state index in [0.29, 0.717) is 0 Å². The van der Waals surface area contributed by atoms with Gasteiger partial charge in [-0.2, -0.15) is 0 Å². The normalized spacial score (nSPS) is 31.1. The standard InChI is InChI=1S/C22H22Br2N2O7/c1-9(2)19(22(30)33-8-14(27)10-4-3-5-11(6-10)26(31)32)25-20(28)15-12-7-13(16(15)21(25)29)18(24)17(12)23/h3-6,9,12-13,15-19H,7-8H2,1-2H3/t12-,13-,15-,16+,17-,18+,19+/m0/s1. The lowest BCUT2D eigenvalue weighted by Gasteiger charge is -2.28. The monoisotopic (exact) mass is 584 g/mol. The van der Waals surface area contributed by atoms with E-state index < -0.39 is 47.1 Å². The lowest BCUT2D eigenvalue weighted by atomic mass is 9.81. The molecule has 2 amide bonds. The molecule has 33 heavy (non-hydrogen) atoms. The van der Waals surface area contributed by atoms with Crippen molar-refractivity contribution in [2.75, 3.05) is 6.61 Å². The first-order valence-electron chi connectivity index (χ1n) is 10.6. The van der Waals surface area contributed by atoms with Gasteiger partial charge in [0, 0.05) is 27.4 Å². The highest BCUT2D eigenvalue weighted by Gasteiger charge is 2.67. The third-order valence-corrected chi connectivity index (χ3v) is 10.1. The first-order valence-corrected chi connectivity index (χ1v) is 12.5. The van der Waals surface area contributed by atoms with Gasteiger partial charge in [0.25, 0.3) is 5.69 Å². The number of benzene rings is 1. The van der Waals surface area contributed by atoms with Crippen molar-refractivity contribution in [1.82, 2.24) is 4.90 Å². The van der Waals surface area contributed by atoms with Crippen molar-refractivity contribution >= 4 is 61.1 Å². The van der Waals surface area contributed by atoms with E-state index in [0.717, 1.165) is 17.4 Å². The zero-order valence-corrected chi connectivity index (χ0v) is 21.0. The molecule has 0 radical (unpaired) electrons. The Balaban J connectivity index is 1.49. The fraction of sp³-hybridized carbons (Fsp3) is 0.545. The second kappa shape index (κ2) is 8.90. The fourth-order valence-corrected chi connectivity index (χ4v) is 7.29. The van der Waals surface area contributed by atoms with Crippen LogP contribution in [0.4, 0.5) is 5.69 Å². The minimum absolute atomic E-state index is 0.0186. The van der Waals surface area contributed by atoms with Crippen LogP contribution in [0.2, 0.25) is 0 Å². The Morgan fingerprint density at radius 1 is 1.15 bits per heavy atom. The third-order valence-electron chi connectivity index (χ3n) is 6.90. The second-order valence-corrected chi connectivity index (χ2v) is 11.2. The molecule has 1 heterocycles. The SMILES string of the molecule is CC(C)[C@H](C(=O)OCC(=O)c1cccc([N+](=O)[O-])c1)N1C(=O)[C@@H]2[C@@H]3C[C@H]([C@H](Br)[C@@H]3Br)[C@@H]2C1=O. The quantitative estimate of drug-likeness (QED) is 0.120. The number of non-ortho nitro benzene ring substituents is 1. The van der Waals surface area contributed by atoms with Crippen LogP contribution in [0.3, 0.4) is 0 Å². The number of likely N-dealkylation sites (tertiary alicyclic amines) is 1. The molecular formula is C22H22Br2N2O7. The predicted octanol–water partition coefficient (Wildman–Crippen LogP) is 3.12. The number of ether oxygens (including phenoxy) is 1. The van der Waals surface area contributed by atoms with Crippen molar-refractivity contribution in [3.63, 3.8) is 0 Å². The molecule has 1 aromatic rings. The number of alkyl halides is 2. The van der Waals surface area contributed by atoms with Crippen LogP contribution in [0.1, 0.15) is 30.6 Å². The van der Waals surface area contributed by atoms with Gasteiger partial charge in [-0.3, -0.25) is 29.4 Å². The van der Waals surface area contributed by atoms with Crippen molar-refractivity contribution in [2.24, 2.45) is 29.6 Å². The molecule has 3 fully saturated rings. The number of carbonyl (C=O) groups excluding carboxylic acids is 4. The smallest absolute Gasteiger partial charge is 0.330 e. The zero-order valence-electron chi connectivity index (χ0n) is 17.9. The highest BCUT2D eigenvalue weighted by atomic mass is 79.9. The molecule has 0 aromatic heterocycles. The van der Waals surface area contributed by atoms with E-state index in [2.05, 4.69) is 31.9 Å². The largest absolute Gasteiger partial charge is 0.456 e. The van der Waals surface area contributed by atoms with Crippen molar-refractivity contribution in [2.45, 2.75) is 36.0 Å². The van der Waals surface area contributed by atoms with E-state index >= 15 is 0 Å². The first-order chi connectivity index (χ1) is 15.5. The Labute approximate surface area is 206 Å². The average Bonchev–Trinajstić information content (AvgIpc) is 3.38. The lowest BCUT2D eigenvalue weighted by Crippen LogP contribution is -2.50. The van der Waals surface area contributed by atoms with Gasteiger partial charge in [0.05, 0.1) is 16.8 Å². The summed E-state index contributed by atoms with van der Waals surface area (Å²) in [6, 6.07) is 3.97. The zero-order chi connectivity index (χ0) is 24.2. The lowest BCUT2D eigenvalue weighted by molar-refractivity contribution is -0.384. The topological polar surface area (TPSA) is 124 Å². The van der Waals surface area contributed by atoms with E-state index in [1.165, 1.54) is 18.2 Å². The van der Waals surface area contributed by atoms with Crippen LogP contribution in [0.5, 0.6) is 0 Å². The molecule has 0 spiro atoms. The third kappa shape index (κ3) is 3.92. The maximum Gasteiger partial charge on any atom is 0.330 e. The van der Waals surface area contributed by atoms with Crippen LogP contribution in [-0.2, 0) is 19.1 Å². The van der Waals surface area contributed by atoms with E-state index in [-0.39, 0.29) is 44.6 Å². The summed E-state index contributed by atoms with van der Waals surface area (Å²) in [5, 5.41) is 10.9. The van der Waals surface area contributed by atoms with Crippen molar-refractivity contribution in [3.8, 4) is 0 Å². The number of halogens is 2. The maximum absolute atomic E-state index is 13.3. The summed E-state index contributed by atoms with van der Waals surface area (Å²) < 4.78 is 5.20. The number of imide groups is 1. The molecule has 2 bridgehead atoms. The summed E-state index contributed by atoms with van der Waals surface area (Å²) in [5.74, 6) is -3.48. The highest BCUT2D eigenvalue weighted by molar-refractivity contribution is 9.12. The maximum atomic E-state index is 13.3. The molecule has 0 unspecified atom stereocenters. The van der Waals surface area contributed by atoms with E-state index in [9.17, 15) is 29.3 Å². The van der Waals surface area contributed by atoms with Gasteiger partial charge in [-0.1, -0.05) is 57.8 Å². The number of ketones is 1. The van der Waals surface area contributed by atoms with Crippen LogP contribution in [-0.4, -0.2) is 55.7 Å². The molecule has 1 aliphatic heterocycles. The number of hydrogen-bond donors (Lipinski definition) is 0. The molecule has 9 nitrogen and oxygen atoms in total. The van der Waals surface area contributed by atoms with Crippen molar-refractivity contribution in [1.29, 1.82) is 0 Å². The van der Waals surface area contributed by atoms with Gasteiger partial charge in [0.2, 0.25) is 17.6 Å². The number of carbonyl (C=O) groups is 4. The number of nitro benzene ring substituents is 1. The van der Waals surface area contributed by atoms with Crippen LogP contribution in [0.25, 0.3) is 0 Å². The molecule has 2 saturated carbocycles. The molecular weight excluding hydrogens is 564 g/mol. The molecule has 3 aliphatic rings. The minimum Gasteiger partial charge on any atom is -0.456 e. The predicted molar refractivity (Wildman–Crippen MR) is 123 cm³/mol. The number of nitrogens with zero attached hydrogens (tertiary/aromatic N) is 2. The highest BCUT2D eigenvalue weighted by Crippen LogP contribution is 2.60. The van der Waals surface area contributed by atoms with Crippen LogP contribution in [0.15, 0.2) is 24.3 Å². The Morgan fingerprint density at radius 3 is 2.24 bits per heavy atom. The van der Waals surface area contributed by atoms with Gasteiger partial charge >= 0.3 is 5.97 Å². The molecule has 4 rings (SSSR count). The van der Waals surface area contributed by atoms with Gasteiger partial charge in [-0.15, -0.1) is 0 Å². The van der Waals surface area contributed by atoms with Crippen molar-refractivity contribution in [3.05, 3.63) is 39.9 Å². The number of rotatable bonds is 7. The van der Waals surface area contributed by atoms with E-state index in [1.807, 2.05) is 0 Å². The molecule has 1 saturated heterocycles. The molecule has 11 heteroatoms. The summed E-state index contributed by atoms with van der Waals surface area (Å²) in [6.45, 7) is 2.76. The number of nitro groups is 1. The summed E-state index contributed by atoms with van der Waals surface area (Å²) in [5.41, 5.74) is -0.221. The van der Waals surface area contributed by atoms with Gasteiger partial charge < -0.3 is 4.74 Å². The number of hydrogen-bond acceptors (Lipinski definition) is 7.